The average molecular weight is 320 g/mol. The molecule has 1 heterocycles. The fourth-order valence-corrected chi connectivity index (χ4v) is 2.69. The van der Waals surface area contributed by atoms with E-state index in [4.69, 9.17) is 18.9 Å². The molecule has 23 heavy (non-hydrogen) atoms. The SMILES string of the molecule is CCOC(=O)C1=C(OC)[C@@H](C(C)C)O[C@H]1c1ccc(OC)cc1. The van der Waals surface area contributed by atoms with Crippen LogP contribution < -0.4 is 4.74 Å². The van der Waals surface area contributed by atoms with Crippen LogP contribution in [0, 0.1) is 5.92 Å². The highest BCUT2D eigenvalue weighted by atomic mass is 16.6. The quantitative estimate of drug-likeness (QED) is 0.753. The maximum absolute atomic E-state index is 12.4. The lowest BCUT2D eigenvalue weighted by atomic mass is 9.99. The van der Waals surface area contributed by atoms with Crippen LogP contribution in [0.4, 0.5) is 0 Å². The Morgan fingerprint density at radius 1 is 1.17 bits per heavy atom. The first kappa shape index (κ1) is 17.3. The van der Waals surface area contributed by atoms with Gasteiger partial charge in [0.25, 0.3) is 0 Å². The summed E-state index contributed by atoms with van der Waals surface area (Å²) >= 11 is 0. The molecule has 1 aromatic rings. The third-order valence-corrected chi connectivity index (χ3v) is 3.81. The second kappa shape index (κ2) is 7.51. The highest BCUT2D eigenvalue weighted by Crippen LogP contribution is 2.41. The third-order valence-electron chi connectivity index (χ3n) is 3.81. The highest BCUT2D eigenvalue weighted by molar-refractivity contribution is 5.91. The van der Waals surface area contributed by atoms with E-state index in [1.54, 1.807) is 21.1 Å². The molecule has 126 valence electrons. The normalized spacial score (nSPS) is 20.8. The molecule has 0 aromatic heterocycles. The minimum Gasteiger partial charge on any atom is -0.498 e. The van der Waals surface area contributed by atoms with Gasteiger partial charge in [-0.05, 0) is 30.5 Å². The summed E-state index contributed by atoms with van der Waals surface area (Å²) in [5, 5.41) is 0. The zero-order valence-electron chi connectivity index (χ0n) is 14.3. The predicted octanol–water partition coefficient (Wildman–Crippen LogP) is 3.25. The van der Waals surface area contributed by atoms with Gasteiger partial charge in [-0.3, -0.25) is 0 Å². The molecule has 5 nitrogen and oxygen atoms in total. The Labute approximate surface area is 137 Å². The van der Waals surface area contributed by atoms with Crippen LogP contribution in [0.3, 0.4) is 0 Å². The Hall–Kier alpha value is -2.01. The molecule has 2 rings (SSSR count). The van der Waals surface area contributed by atoms with Crippen LogP contribution in [0.1, 0.15) is 32.4 Å². The average Bonchev–Trinajstić information content (AvgIpc) is 2.95. The number of ether oxygens (including phenoxy) is 4. The predicted molar refractivity (Wildman–Crippen MR) is 86.1 cm³/mol. The van der Waals surface area contributed by atoms with Crippen molar-refractivity contribution in [1.82, 2.24) is 0 Å². The number of rotatable bonds is 6. The molecular formula is C18H24O5. The zero-order valence-corrected chi connectivity index (χ0v) is 14.3. The van der Waals surface area contributed by atoms with E-state index in [2.05, 4.69) is 0 Å². The molecule has 0 amide bonds. The summed E-state index contributed by atoms with van der Waals surface area (Å²) in [5.74, 6) is 1.09. The van der Waals surface area contributed by atoms with E-state index in [0.717, 1.165) is 11.3 Å². The summed E-state index contributed by atoms with van der Waals surface area (Å²) in [6.45, 7) is 6.15. The lowest BCUT2D eigenvalue weighted by molar-refractivity contribution is -0.139. The van der Waals surface area contributed by atoms with Gasteiger partial charge in [0.2, 0.25) is 0 Å². The van der Waals surface area contributed by atoms with Gasteiger partial charge in [0.15, 0.2) is 0 Å². The molecule has 1 aliphatic rings. The van der Waals surface area contributed by atoms with E-state index < -0.39 is 12.1 Å². The Morgan fingerprint density at radius 3 is 2.30 bits per heavy atom. The second-order valence-corrected chi connectivity index (χ2v) is 5.66. The van der Waals surface area contributed by atoms with Crippen molar-refractivity contribution < 1.29 is 23.7 Å². The van der Waals surface area contributed by atoms with Gasteiger partial charge in [0.05, 0.1) is 20.8 Å². The standard InChI is InChI=1S/C18H24O5/c1-6-22-18(19)14-16(12-7-9-13(20-4)10-8-12)23-15(11(2)3)17(14)21-5/h7-11,15-16H,6H2,1-5H3/t15-,16+/m1/s1. The van der Waals surface area contributed by atoms with Gasteiger partial charge in [-0.25, -0.2) is 4.79 Å². The van der Waals surface area contributed by atoms with Gasteiger partial charge < -0.3 is 18.9 Å². The van der Waals surface area contributed by atoms with Gasteiger partial charge in [-0.2, -0.15) is 0 Å². The number of methoxy groups -OCH3 is 2. The van der Waals surface area contributed by atoms with Crippen LogP contribution in [0.2, 0.25) is 0 Å². The van der Waals surface area contributed by atoms with Crippen molar-refractivity contribution in [3.63, 3.8) is 0 Å². The molecule has 0 N–H and O–H groups in total. The summed E-state index contributed by atoms with van der Waals surface area (Å²) < 4.78 is 22.0. The van der Waals surface area contributed by atoms with Gasteiger partial charge in [0.1, 0.15) is 29.3 Å². The van der Waals surface area contributed by atoms with Crippen LogP contribution in [-0.4, -0.2) is 32.9 Å². The van der Waals surface area contributed by atoms with Crippen molar-refractivity contribution in [3.8, 4) is 5.75 Å². The Bertz CT molecular complexity index is 574. The number of carbonyl (C=O) groups is 1. The van der Waals surface area contributed by atoms with Crippen molar-refractivity contribution in [2.24, 2.45) is 5.92 Å². The van der Waals surface area contributed by atoms with Gasteiger partial charge >= 0.3 is 5.97 Å². The molecule has 0 radical (unpaired) electrons. The number of hydrogen-bond donors (Lipinski definition) is 0. The summed E-state index contributed by atoms with van der Waals surface area (Å²) in [4.78, 5) is 12.4. The molecule has 0 saturated heterocycles. The van der Waals surface area contributed by atoms with E-state index in [0.29, 0.717) is 17.9 Å². The first-order valence-corrected chi connectivity index (χ1v) is 7.78. The largest absolute Gasteiger partial charge is 0.498 e. The Morgan fingerprint density at radius 2 is 1.83 bits per heavy atom. The van der Waals surface area contributed by atoms with Crippen molar-refractivity contribution in [1.29, 1.82) is 0 Å². The summed E-state index contributed by atoms with van der Waals surface area (Å²) in [5.41, 5.74) is 1.31. The van der Waals surface area contributed by atoms with Crippen molar-refractivity contribution in [2.75, 3.05) is 20.8 Å². The van der Waals surface area contributed by atoms with E-state index in [1.807, 2.05) is 38.1 Å². The number of hydrogen-bond acceptors (Lipinski definition) is 5. The number of carbonyl (C=O) groups excluding carboxylic acids is 1. The first-order chi connectivity index (χ1) is 11.0. The molecule has 1 aromatic carbocycles. The molecule has 0 aliphatic carbocycles. The minimum absolute atomic E-state index is 0.178. The minimum atomic E-state index is -0.498. The highest BCUT2D eigenvalue weighted by Gasteiger charge is 2.42. The first-order valence-electron chi connectivity index (χ1n) is 7.78. The van der Waals surface area contributed by atoms with E-state index >= 15 is 0 Å². The number of esters is 1. The lowest BCUT2D eigenvalue weighted by Gasteiger charge is -2.19. The van der Waals surface area contributed by atoms with Gasteiger partial charge in [-0.15, -0.1) is 0 Å². The summed E-state index contributed by atoms with van der Waals surface area (Å²) in [6, 6.07) is 7.46. The third kappa shape index (κ3) is 3.50. The maximum Gasteiger partial charge on any atom is 0.340 e. The fourth-order valence-electron chi connectivity index (χ4n) is 2.69. The van der Waals surface area contributed by atoms with Gasteiger partial charge in [0, 0.05) is 0 Å². The summed E-state index contributed by atoms with van der Waals surface area (Å²) in [6.07, 6.45) is -0.770. The van der Waals surface area contributed by atoms with Crippen LogP contribution >= 0.6 is 0 Å². The monoisotopic (exact) mass is 320 g/mol. The molecule has 2 atom stereocenters. The number of benzene rings is 1. The van der Waals surface area contributed by atoms with Crippen LogP contribution in [-0.2, 0) is 19.0 Å². The second-order valence-electron chi connectivity index (χ2n) is 5.66. The fraction of sp³-hybridized carbons (Fsp3) is 0.500. The molecule has 1 aliphatic heterocycles. The molecular weight excluding hydrogens is 296 g/mol. The molecule has 0 fully saturated rings. The van der Waals surface area contributed by atoms with Crippen molar-refractivity contribution in [2.45, 2.75) is 33.0 Å². The Kier molecular flexibility index (Phi) is 5.66. The molecule has 0 spiro atoms. The van der Waals surface area contributed by atoms with Crippen LogP contribution in [0.15, 0.2) is 35.6 Å². The van der Waals surface area contributed by atoms with E-state index in [9.17, 15) is 4.79 Å². The van der Waals surface area contributed by atoms with Crippen molar-refractivity contribution in [3.05, 3.63) is 41.2 Å². The molecule has 0 saturated carbocycles. The molecule has 0 unspecified atom stereocenters. The smallest absolute Gasteiger partial charge is 0.340 e. The molecule has 0 bridgehead atoms. The molecule has 5 heteroatoms. The maximum atomic E-state index is 12.4. The van der Waals surface area contributed by atoms with E-state index in [1.165, 1.54) is 0 Å². The zero-order chi connectivity index (χ0) is 17.0. The van der Waals surface area contributed by atoms with E-state index in [-0.39, 0.29) is 12.0 Å². The lowest BCUT2D eigenvalue weighted by Crippen LogP contribution is -2.19. The summed E-state index contributed by atoms with van der Waals surface area (Å²) in [7, 11) is 3.17. The van der Waals surface area contributed by atoms with Crippen LogP contribution in [0.25, 0.3) is 0 Å². The Balaban J connectivity index is 2.43. The topological polar surface area (TPSA) is 54.0 Å². The van der Waals surface area contributed by atoms with Crippen molar-refractivity contribution >= 4 is 5.97 Å². The van der Waals surface area contributed by atoms with Gasteiger partial charge in [-0.1, -0.05) is 26.0 Å². The van der Waals surface area contributed by atoms with Crippen LogP contribution in [0.5, 0.6) is 5.75 Å².